The third-order valence-corrected chi connectivity index (χ3v) is 6.93. The van der Waals surface area contributed by atoms with E-state index in [0.717, 1.165) is 18.4 Å². The molecule has 0 aliphatic rings. The predicted octanol–water partition coefficient (Wildman–Crippen LogP) is 4.37. The topological polar surface area (TPSA) is 86.8 Å². The number of rotatable bonds is 10. The van der Waals surface area contributed by atoms with Gasteiger partial charge in [0.15, 0.2) is 11.6 Å². The van der Waals surface area contributed by atoms with E-state index in [1.165, 1.54) is 4.90 Å². The molecule has 0 fully saturated rings. The highest BCUT2D eigenvalue weighted by Gasteiger charge is 2.33. The summed E-state index contributed by atoms with van der Waals surface area (Å²) in [6, 6.07) is 6.06. The van der Waals surface area contributed by atoms with E-state index in [2.05, 4.69) is 5.32 Å². The van der Waals surface area contributed by atoms with Gasteiger partial charge in [-0.15, -0.1) is 0 Å². The van der Waals surface area contributed by atoms with Crippen molar-refractivity contribution < 1.29 is 26.8 Å². The standard InChI is InChI=1S/C23H27Cl2F2N3O4S/c1-5-21(23(32)28-14(2)3)29(12-16-17(24)7-6-8-18(16)25)22(31)13-30(35(4,33)34)15-9-10-19(26)20(27)11-15/h6-11,14,21H,5,12-13H2,1-4H3,(H,28,32). The molecule has 1 atom stereocenters. The second-order valence-corrected chi connectivity index (χ2v) is 10.9. The number of nitrogens with one attached hydrogen (secondary N) is 1. The Kier molecular flexibility index (Phi) is 9.88. The number of carbonyl (C=O) groups excluding carboxylic acids is 2. The summed E-state index contributed by atoms with van der Waals surface area (Å²) in [5.41, 5.74) is 0.133. The molecule has 1 unspecified atom stereocenters. The number of sulfonamides is 1. The highest BCUT2D eigenvalue weighted by Crippen LogP contribution is 2.28. The minimum atomic E-state index is -4.09. The van der Waals surface area contributed by atoms with Crippen LogP contribution in [0.5, 0.6) is 0 Å². The Balaban J connectivity index is 2.52. The molecule has 0 aliphatic heterocycles. The van der Waals surface area contributed by atoms with Gasteiger partial charge in [0, 0.05) is 34.3 Å². The zero-order chi connectivity index (χ0) is 26.5. The van der Waals surface area contributed by atoms with Crippen LogP contribution in [0.25, 0.3) is 0 Å². The molecule has 0 saturated heterocycles. The van der Waals surface area contributed by atoms with Crippen molar-refractivity contribution in [3.05, 3.63) is 63.6 Å². The molecule has 12 heteroatoms. The summed E-state index contributed by atoms with van der Waals surface area (Å²) in [4.78, 5) is 27.6. The van der Waals surface area contributed by atoms with Gasteiger partial charge in [0.25, 0.3) is 0 Å². The maximum Gasteiger partial charge on any atom is 0.244 e. The van der Waals surface area contributed by atoms with E-state index in [1.54, 1.807) is 39.0 Å². The van der Waals surface area contributed by atoms with Crippen molar-refractivity contribution in [1.29, 1.82) is 0 Å². The monoisotopic (exact) mass is 549 g/mol. The number of hydrogen-bond donors (Lipinski definition) is 1. The van der Waals surface area contributed by atoms with Crippen LogP contribution in [0.1, 0.15) is 32.8 Å². The molecule has 2 aromatic rings. The van der Waals surface area contributed by atoms with Gasteiger partial charge in [0.05, 0.1) is 11.9 Å². The molecule has 0 bridgehead atoms. The molecule has 2 aromatic carbocycles. The normalized spacial score (nSPS) is 12.4. The van der Waals surface area contributed by atoms with Gasteiger partial charge >= 0.3 is 0 Å². The Hall–Kier alpha value is -2.43. The lowest BCUT2D eigenvalue weighted by Gasteiger charge is -2.33. The van der Waals surface area contributed by atoms with Gasteiger partial charge < -0.3 is 10.2 Å². The number of anilines is 1. The molecule has 7 nitrogen and oxygen atoms in total. The van der Waals surface area contributed by atoms with Crippen molar-refractivity contribution in [1.82, 2.24) is 10.2 Å². The molecule has 2 rings (SSSR count). The van der Waals surface area contributed by atoms with E-state index in [1.807, 2.05) is 0 Å². The summed E-state index contributed by atoms with van der Waals surface area (Å²) in [6.45, 7) is 4.27. The van der Waals surface area contributed by atoms with Crippen molar-refractivity contribution >= 4 is 50.7 Å². The van der Waals surface area contributed by atoms with Crippen LogP contribution in [0.3, 0.4) is 0 Å². The molecule has 1 N–H and O–H groups in total. The summed E-state index contributed by atoms with van der Waals surface area (Å²) in [6.07, 6.45) is 1.04. The Labute approximate surface area is 214 Å². The summed E-state index contributed by atoms with van der Waals surface area (Å²) in [7, 11) is -4.09. The Morgan fingerprint density at radius 3 is 2.14 bits per heavy atom. The quantitative estimate of drug-likeness (QED) is 0.476. The van der Waals surface area contributed by atoms with Crippen LogP contribution in [0.15, 0.2) is 36.4 Å². The third kappa shape index (κ3) is 7.52. The van der Waals surface area contributed by atoms with Gasteiger partial charge in [0.2, 0.25) is 21.8 Å². The number of halogens is 4. The smallest absolute Gasteiger partial charge is 0.244 e. The van der Waals surface area contributed by atoms with Gasteiger partial charge in [-0.3, -0.25) is 13.9 Å². The average Bonchev–Trinajstić information content (AvgIpc) is 2.74. The van der Waals surface area contributed by atoms with Crippen LogP contribution in [0.4, 0.5) is 14.5 Å². The number of benzene rings is 2. The second-order valence-electron chi connectivity index (χ2n) is 8.18. The summed E-state index contributed by atoms with van der Waals surface area (Å²) < 4.78 is 52.9. The molecule has 0 heterocycles. The van der Waals surface area contributed by atoms with E-state index in [4.69, 9.17) is 23.2 Å². The van der Waals surface area contributed by atoms with E-state index < -0.39 is 46.1 Å². The first kappa shape index (κ1) is 28.8. The SMILES string of the molecule is CCC(C(=O)NC(C)C)N(Cc1c(Cl)cccc1Cl)C(=O)CN(c1ccc(F)c(F)c1)S(C)(=O)=O. The highest BCUT2D eigenvalue weighted by atomic mass is 35.5. The number of carbonyl (C=O) groups is 2. The Morgan fingerprint density at radius 1 is 1.06 bits per heavy atom. The first-order valence-corrected chi connectivity index (χ1v) is 13.3. The van der Waals surface area contributed by atoms with Crippen molar-refractivity contribution in [2.75, 3.05) is 17.1 Å². The summed E-state index contributed by atoms with van der Waals surface area (Å²) in [5, 5.41) is 3.27. The van der Waals surface area contributed by atoms with Gasteiger partial charge in [-0.05, 0) is 44.5 Å². The van der Waals surface area contributed by atoms with E-state index in [0.29, 0.717) is 15.9 Å². The average molecular weight is 550 g/mol. The van der Waals surface area contributed by atoms with Gasteiger partial charge in [-0.1, -0.05) is 36.2 Å². The molecule has 0 aromatic heterocycles. The Morgan fingerprint density at radius 2 is 1.66 bits per heavy atom. The maximum absolute atomic E-state index is 13.8. The zero-order valence-corrected chi connectivity index (χ0v) is 22.0. The van der Waals surface area contributed by atoms with E-state index in [9.17, 15) is 26.8 Å². The lowest BCUT2D eigenvalue weighted by molar-refractivity contribution is -0.140. The van der Waals surface area contributed by atoms with Crippen LogP contribution >= 0.6 is 23.2 Å². The summed E-state index contributed by atoms with van der Waals surface area (Å²) in [5.74, 6) is -3.65. The molecule has 192 valence electrons. The maximum atomic E-state index is 13.8. The second kappa shape index (κ2) is 12.0. The molecule has 0 radical (unpaired) electrons. The number of hydrogen-bond acceptors (Lipinski definition) is 4. The van der Waals surface area contributed by atoms with Crippen molar-refractivity contribution in [3.63, 3.8) is 0 Å². The number of nitrogens with zero attached hydrogens (tertiary/aromatic N) is 2. The van der Waals surface area contributed by atoms with Crippen LogP contribution in [-0.4, -0.2) is 50.0 Å². The van der Waals surface area contributed by atoms with Crippen LogP contribution in [0.2, 0.25) is 10.0 Å². The molecule has 2 amide bonds. The van der Waals surface area contributed by atoms with Crippen molar-refractivity contribution in [2.45, 2.75) is 45.8 Å². The lowest BCUT2D eigenvalue weighted by atomic mass is 10.1. The number of amides is 2. The van der Waals surface area contributed by atoms with Crippen LogP contribution in [-0.2, 0) is 26.2 Å². The van der Waals surface area contributed by atoms with Crippen molar-refractivity contribution in [2.24, 2.45) is 0 Å². The molecular formula is C23H27Cl2F2N3O4S. The van der Waals surface area contributed by atoms with Crippen LogP contribution in [0, 0.1) is 11.6 Å². The zero-order valence-electron chi connectivity index (χ0n) is 19.7. The van der Waals surface area contributed by atoms with Gasteiger partial charge in [-0.25, -0.2) is 17.2 Å². The fraction of sp³-hybridized carbons (Fsp3) is 0.391. The molecule has 0 aliphatic carbocycles. The first-order chi connectivity index (χ1) is 16.3. The first-order valence-electron chi connectivity index (χ1n) is 10.7. The minimum Gasteiger partial charge on any atom is -0.352 e. The third-order valence-electron chi connectivity index (χ3n) is 5.08. The summed E-state index contributed by atoms with van der Waals surface area (Å²) >= 11 is 12.6. The molecule has 0 spiro atoms. The fourth-order valence-corrected chi connectivity index (χ4v) is 4.77. The lowest BCUT2D eigenvalue weighted by Crippen LogP contribution is -2.53. The fourth-order valence-electron chi connectivity index (χ4n) is 3.41. The molecule has 35 heavy (non-hydrogen) atoms. The van der Waals surface area contributed by atoms with Gasteiger partial charge in [0.1, 0.15) is 12.6 Å². The highest BCUT2D eigenvalue weighted by molar-refractivity contribution is 7.92. The molecular weight excluding hydrogens is 523 g/mol. The van der Waals surface area contributed by atoms with E-state index >= 15 is 0 Å². The molecule has 0 saturated carbocycles. The van der Waals surface area contributed by atoms with Crippen LogP contribution < -0.4 is 9.62 Å². The minimum absolute atomic E-state index is 0.184. The largest absolute Gasteiger partial charge is 0.352 e. The van der Waals surface area contributed by atoms with Crippen molar-refractivity contribution in [3.8, 4) is 0 Å². The predicted molar refractivity (Wildman–Crippen MR) is 133 cm³/mol. The van der Waals surface area contributed by atoms with E-state index in [-0.39, 0.29) is 34.7 Å². The Bertz CT molecular complexity index is 1180. The van der Waals surface area contributed by atoms with Gasteiger partial charge in [-0.2, -0.15) is 0 Å².